The number of hydrogen-bond donors (Lipinski definition) is 1. The lowest BCUT2D eigenvalue weighted by Gasteiger charge is -2.13. The van der Waals surface area contributed by atoms with Crippen LogP contribution in [-0.4, -0.2) is 16.1 Å². The van der Waals surface area contributed by atoms with Crippen molar-refractivity contribution in [2.75, 3.05) is 0 Å². The molecular formula is C10H10F3NO2. The van der Waals surface area contributed by atoms with Crippen molar-refractivity contribution in [2.24, 2.45) is 5.92 Å². The van der Waals surface area contributed by atoms with Crippen molar-refractivity contribution in [3.05, 3.63) is 29.6 Å². The molecule has 1 heterocycles. The summed E-state index contributed by atoms with van der Waals surface area (Å²) in [5.74, 6) is -1.98. The Morgan fingerprint density at radius 1 is 1.56 bits per heavy atom. The summed E-state index contributed by atoms with van der Waals surface area (Å²) in [7, 11) is 0. The fourth-order valence-electron chi connectivity index (χ4n) is 1.27. The van der Waals surface area contributed by atoms with Gasteiger partial charge in [-0.05, 0) is 18.1 Å². The van der Waals surface area contributed by atoms with E-state index in [0.29, 0.717) is 6.20 Å². The average molecular weight is 233 g/mol. The Labute approximate surface area is 89.9 Å². The maximum atomic E-state index is 12.5. The largest absolute Gasteiger partial charge is 0.481 e. The molecule has 0 aliphatic carbocycles. The summed E-state index contributed by atoms with van der Waals surface area (Å²) in [5, 5.41) is 8.64. The monoisotopic (exact) mass is 233 g/mol. The first kappa shape index (κ1) is 12.5. The van der Waals surface area contributed by atoms with E-state index in [0.717, 1.165) is 0 Å². The summed E-state index contributed by atoms with van der Waals surface area (Å²) >= 11 is 0. The number of carboxylic acids is 1. The molecule has 0 fully saturated rings. The van der Waals surface area contributed by atoms with Crippen LogP contribution in [0.4, 0.5) is 13.2 Å². The lowest BCUT2D eigenvalue weighted by atomic mass is 9.98. The second kappa shape index (κ2) is 4.51. The second-order valence-corrected chi connectivity index (χ2v) is 3.47. The fourth-order valence-corrected chi connectivity index (χ4v) is 1.27. The van der Waals surface area contributed by atoms with Crippen LogP contribution in [0.2, 0.25) is 0 Å². The Morgan fingerprint density at radius 3 is 2.69 bits per heavy atom. The van der Waals surface area contributed by atoms with Crippen LogP contribution in [-0.2, 0) is 17.4 Å². The van der Waals surface area contributed by atoms with Gasteiger partial charge in [0.05, 0.1) is 11.5 Å². The topological polar surface area (TPSA) is 50.2 Å². The van der Waals surface area contributed by atoms with Gasteiger partial charge in [-0.2, -0.15) is 13.2 Å². The number of rotatable bonds is 3. The SMILES string of the molecule is CC(Cc1ccncc1C(F)(F)F)C(=O)O. The van der Waals surface area contributed by atoms with Gasteiger partial charge < -0.3 is 5.11 Å². The van der Waals surface area contributed by atoms with E-state index in [1.165, 1.54) is 19.2 Å². The molecule has 1 N–H and O–H groups in total. The van der Waals surface area contributed by atoms with E-state index in [4.69, 9.17) is 5.11 Å². The summed E-state index contributed by atoms with van der Waals surface area (Å²) in [6.07, 6.45) is -2.72. The van der Waals surface area contributed by atoms with E-state index in [9.17, 15) is 18.0 Å². The third-order valence-electron chi connectivity index (χ3n) is 2.16. The highest BCUT2D eigenvalue weighted by molar-refractivity contribution is 5.70. The predicted octanol–water partition coefficient (Wildman–Crippen LogP) is 2.36. The molecule has 16 heavy (non-hydrogen) atoms. The summed E-state index contributed by atoms with van der Waals surface area (Å²) in [6.45, 7) is 1.36. The van der Waals surface area contributed by atoms with Crippen LogP contribution in [0.5, 0.6) is 0 Å². The standard InChI is InChI=1S/C10H10F3NO2/c1-6(9(15)16)4-7-2-3-14-5-8(7)10(11,12)13/h2-3,5-6H,4H2,1H3,(H,15,16). The maximum Gasteiger partial charge on any atom is 0.418 e. The number of halogens is 3. The van der Waals surface area contributed by atoms with Gasteiger partial charge in [0.2, 0.25) is 0 Å². The molecule has 1 aromatic rings. The molecule has 0 radical (unpaired) electrons. The van der Waals surface area contributed by atoms with Crippen molar-refractivity contribution < 1.29 is 23.1 Å². The van der Waals surface area contributed by atoms with Crippen LogP contribution >= 0.6 is 0 Å². The summed E-state index contributed by atoms with van der Waals surface area (Å²) in [4.78, 5) is 14.0. The molecule has 0 aliphatic heterocycles. The minimum absolute atomic E-state index is 0.0441. The zero-order valence-electron chi connectivity index (χ0n) is 8.45. The first-order valence-corrected chi connectivity index (χ1v) is 4.55. The minimum Gasteiger partial charge on any atom is -0.481 e. The highest BCUT2D eigenvalue weighted by Gasteiger charge is 2.34. The molecule has 0 saturated carbocycles. The summed E-state index contributed by atoms with van der Waals surface area (Å²) < 4.78 is 37.5. The van der Waals surface area contributed by atoms with Crippen molar-refractivity contribution in [1.82, 2.24) is 4.98 Å². The van der Waals surface area contributed by atoms with Crippen molar-refractivity contribution in [3.8, 4) is 0 Å². The first-order chi connectivity index (χ1) is 7.32. The van der Waals surface area contributed by atoms with Crippen LogP contribution in [0.25, 0.3) is 0 Å². The van der Waals surface area contributed by atoms with Gasteiger partial charge in [0, 0.05) is 12.4 Å². The van der Waals surface area contributed by atoms with Gasteiger partial charge in [-0.3, -0.25) is 9.78 Å². The lowest BCUT2D eigenvalue weighted by Crippen LogP contribution is -2.16. The molecule has 1 atom stereocenters. The zero-order valence-corrected chi connectivity index (χ0v) is 8.45. The minimum atomic E-state index is -4.50. The number of pyridine rings is 1. The number of aromatic nitrogens is 1. The second-order valence-electron chi connectivity index (χ2n) is 3.47. The lowest BCUT2D eigenvalue weighted by molar-refractivity contribution is -0.142. The zero-order chi connectivity index (χ0) is 12.3. The molecule has 0 aromatic carbocycles. The molecule has 0 aliphatic rings. The van der Waals surface area contributed by atoms with E-state index >= 15 is 0 Å². The Bertz CT molecular complexity index is 390. The Hall–Kier alpha value is -1.59. The molecule has 6 heteroatoms. The Balaban J connectivity index is 3.01. The molecule has 1 rings (SSSR count). The third kappa shape index (κ3) is 2.95. The number of alkyl halides is 3. The smallest absolute Gasteiger partial charge is 0.418 e. The van der Waals surface area contributed by atoms with E-state index in [1.807, 2.05) is 0 Å². The summed E-state index contributed by atoms with van der Waals surface area (Å²) in [6, 6.07) is 1.20. The Morgan fingerprint density at radius 2 is 2.19 bits per heavy atom. The first-order valence-electron chi connectivity index (χ1n) is 4.55. The molecule has 0 bridgehead atoms. The van der Waals surface area contributed by atoms with Crippen LogP contribution < -0.4 is 0 Å². The average Bonchev–Trinajstić information content (AvgIpc) is 2.16. The van der Waals surface area contributed by atoms with Crippen LogP contribution in [0.15, 0.2) is 18.5 Å². The molecule has 0 amide bonds. The van der Waals surface area contributed by atoms with Gasteiger partial charge in [-0.25, -0.2) is 0 Å². The molecular weight excluding hydrogens is 223 g/mol. The highest BCUT2D eigenvalue weighted by Crippen LogP contribution is 2.32. The van der Waals surface area contributed by atoms with Crippen LogP contribution in [0.1, 0.15) is 18.1 Å². The van der Waals surface area contributed by atoms with Gasteiger partial charge in [0.15, 0.2) is 0 Å². The number of aliphatic carboxylic acids is 1. The molecule has 0 spiro atoms. The number of carboxylic acid groups (broad SMARTS) is 1. The van der Waals surface area contributed by atoms with E-state index in [1.54, 1.807) is 0 Å². The number of carbonyl (C=O) groups is 1. The summed E-state index contributed by atoms with van der Waals surface area (Å²) in [5.41, 5.74) is -0.916. The Kier molecular flexibility index (Phi) is 3.51. The maximum absolute atomic E-state index is 12.5. The van der Waals surface area contributed by atoms with E-state index in [2.05, 4.69) is 4.98 Å². The normalized spacial score (nSPS) is 13.5. The molecule has 1 aromatic heterocycles. The highest BCUT2D eigenvalue weighted by atomic mass is 19.4. The van der Waals surface area contributed by atoms with Gasteiger partial charge in [0.1, 0.15) is 0 Å². The van der Waals surface area contributed by atoms with E-state index < -0.39 is 23.6 Å². The molecule has 0 saturated heterocycles. The molecule has 1 unspecified atom stereocenters. The number of nitrogens with zero attached hydrogens (tertiary/aromatic N) is 1. The van der Waals surface area contributed by atoms with Crippen LogP contribution in [0, 0.1) is 5.92 Å². The van der Waals surface area contributed by atoms with Crippen molar-refractivity contribution in [2.45, 2.75) is 19.5 Å². The fraction of sp³-hybridized carbons (Fsp3) is 0.400. The van der Waals surface area contributed by atoms with E-state index in [-0.39, 0.29) is 12.0 Å². The predicted molar refractivity (Wildman–Crippen MR) is 49.7 cm³/mol. The van der Waals surface area contributed by atoms with Crippen molar-refractivity contribution >= 4 is 5.97 Å². The van der Waals surface area contributed by atoms with Gasteiger partial charge in [0.25, 0.3) is 0 Å². The number of hydrogen-bond acceptors (Lipinski definition) is 2. The molecule has 88 valence electrons. The van der Waals surface area contributed by atoms with Gasteiger partial charge in [-0.1, -0.05) is 6.92 Å². The quantitative estimate of drug-likeness (QED) is 0.871. The van der Waals surface area contributed by atoms with Crippen molar-refractivity contribution in [3.63, 3.8) is 0 Å². The molecule has 3 nitrogen and oxygen atoms in total. The van der Waals surface area contributed by atoms with Gasteiger partial charge >= 0.3 is 12.1 Å². The van der Waals surface area contributed by atoms with Crippen molar-refractivity contribution in [1.29, 1.82) is 0 Å². The van der Waals surface area contributed by atoms with Gasteiger partial charge in [-0.15, -0.1) is 0 Å². The third-order valence-corrected chi connectivity index (χ3v) is 2.16. The van der Waals surface area contributed by atoms with Crippen LogP contribution in [0.3, 0.4) is 0 Å².